The van der Waals surface area contributed by atoms with Gasteiger partial charge in [0.2, 0.25) is 0 Å². The highest BCUT2D eigenvalue weighted by atomic mass is 32.9. The van der Waals surface area contributed by atoms with Gasteiger partial charge in [0.25, 0.3) is 0 Å². The zero-order chi connectivity index (χ0) is 14.9. The lowest BCUT2D eigenvalue weighted by molar-refractivity contribution is 0.400. The van der Waals surface area contributed by atoms with Crippen LogP contribution < -0.4 is 4.74 Å². The molecule has 0 saturated heterocycles. The van der Waals surface area contributed by atoms with Gasteiger partial charge in [0.1, 0.15) is 9.57 Å². The molecule has 1 aromatic heterocycles. The van der Waals surface area contributed by atoms with Gasteiger partial charge in [0.05, 0.1) is 7.11 Å². The fourth-order valence-corrected chi connectivity index (χ4v) is 4.67. The van der Waals surface area contributed by atoms with E-state index in [1.54, 1.807) is 27.8 Å². The van der Waals surface area contributed by atoms with Crippen molar-refractivity contribution in [3.63, 3.8) is 0 Å². The summed E-state index contributed by atoms with van der Waals surface area (Å²) in [6.45, 7) is 8.84. The molecule has 0 fully saturated rings. The minimum Gasteiger partial charge on any atom is -0.496 e. The molecule has 0 aliphatic carbocycles. The van der Waals surface area contributed by atoms with Crippen LogP contribution in [-0.2, 0) is 0 Å². The zero-order valence-electron chi connectivity index (χ0n) is 12.5. The Morgan fingerprint density at radius 2 is 1.50 bits per heavy atom. The number of rotatable bonds is 4. The lowest BCUT2D eigenvalue weighted by Crippen LogP contribution is -2.01. The van der Waals surface area contributed by atoms with Crippen molar-refractivity contribution < 1.29 is 4.74 Å². The third kappa shape index (κ3) is 3.13. The predicted octanol–water partition coefficient (Wildman–Crippen LogP) is 6.46. The lowest BCUT2D eigenvalue weighted by atomic mass is 9.91. The Bertz CT molecular complexity index is 621. The van der Waals surface area contributed by atoms with Gasteiger partial charge in [-0.15, -0.1) is 0 Å². The molecule has 0 saturated carbocycles. The van der Waals surface area contributed by atoms with Gasteiger partial charge < -0.3 is 4.74 Å². The highest BCUT2D eigenvalue weighted by Gasteiger charge is 2.17. The molecule has 0 amide bonds. The summed E-state index contributed by atoms with van der Waals surface area (Å²) in [7, 11) is 5.18. The lowest BCUT2D eigenvalue weighted by Gasteiger charge is -2.20. The third-order valence-electron chi connectivity index (χ3n) is 3.34. The predicted molar refractivity (Wildman–Crippen MR) is 93.2 cm³/mol. The first kappa shape index (κ1) is 15.7. The molecule has 0 aliphatic heterocycles. The van der Waals surface area contributed by atoms with E-state index in [2.05, 4.69) is 45.9 Å². The van der Waals surface area contributed by atoms with Gasteiger partial charge >= 0.3 is 0 Å². The summed E-state index contributed by atoms with van der Waals surface area (Å²) in [4.78, 5) is 1.26. The zero-order valence-corrected chi connectivity index (χ0v) is 15.0. The monoisotopic (exact) mass is 324 g/mol. The molecule has 1 aromatic carbocycles. The van der Waals surface area contributed by atoms with Crippen molar-refractivity contribution in [1.29, 1.82) is 0 Å². The molecule has 0 unspecified atom stereocenters. The molecular formula is C16H20OS3. The number of hydrogen-bond donors (Lipinski definition) is 0. The molecule has 0 aliphatic rings. The van der Waals surface area contributed by atoms with Crippen LogP contribution in [0.4, 0.5) is 0 Å². The van der Waals surface area contributed by atoms with Crippen LogP contribution in [0.3, 0.4) is 0 Å². The largest absolute Gasteiger partial charge is 0.496 e. The Labute approximate surface area is 133 Å². The molecule has 0 radical (unpaired) electrons. The summed E-state index contributed by atoms with van der Waals surface area (Å²) in [6.07, 6.45) is 0. The molecular weight excluding hydrogens is 304 g/mol. The normalized spacial score (nSPS) is 11.3. The topological polar surface area (TPSA) is 9.23 Å². The maximum absolute atomic E-state index is 5.68. The van der Waals surface area contributed by atoms with Gasteiger partial charge in [-0.3, -0.25) is 0 Å². The van der Waals surface area contributed by atoms with E-state index < -0.39 is 0 Å². The van der Waals surface area contributed by atoms with E-state index >= 15 is 0 Å². The first-order chi connectivity index (χ1) is 9.43. The van der Waals surface area contributed by atoms with E-state index in [1.807, 2.05) is 0 Å². The van der Waals surface area contributed by atoms with Crippen molar-refractivity contribution in [3.8, 4) is 16.2 Å². The number of ether oxygens (including phenoxy) is 1. The minimum absolute atomic E-state index is 0.439. The second-order valence-corrected chi connectivity index (χ2v) is 8.40. The average molecular weight is 325 g/mol. The Kier molecular flexibility index (Phi) is 4.99. The Morgan fingerprint density at radius 1 is 0.950 bits per heavy atom. The second-order valence-electron chi connectivity index (χ2n) is 5.49. The number of hydrogen-bond acceptors (Lipinski definition) is 4. The molecule has 0 atom stereocenters. The van der Waals surface area contributed by atoms with Gasteiger partial charge in [-0.05, 0) is 46.7 Å². The number of benzene rings is 1. The van der Waals surface area contributed by atoms with Gasteiger partial charge in [-0.1, -0.05) is 60.6 Å². The SMILES string of the molecule is COc1c(C(C)C)cc(-c2cc(=S)ss2)cc1C(C)C. The molecule has 1 nitrogen and oxygen atoms in total. The molecule has 0 N–H and O–H groups in total. The van der Waals surface area contributed by atoms with Crippen LogP contribution in [-0.4, -0.2) is 7.11 Å². The second kappa shape index (κ2) is 6.37. The van der Waals surface area contributed by atoms with Crippen LogP contribution in [0.1, 0.15) is 50.7 Å². The van der Waals surface area contributed by atoms with E-state index in [9.17, 15) is 0 Å². The van der Waals surface area contributed by atoms with Crippen molar-refractivity contribution in [3.05, 3.63) is 33.1 Å². The van der Waals surface area contributed by atoms with Crippen LogP contribution in [0.25, 0.3) is 10.4 Å². The van der Waals surface area contributed by atoms with Crippen molar-refractivity contribution in [1.82, 2.24) is 0 Å². The molecule has 108 valence electrons. The first-order valence-corrected chi connectivity index (χ1v) is 9.32. The highest BCUT2D eigenvalue weighted by molar-refractivity contribution is 7.80. The quantitative estimate of drug-likeness (QED) is 0.471. The molecule has 0 bridgehead atoms. The summed E-state index contributed by atoms with van der Waals surface area (Å²) < 4.78 is 6.64. The van der Waals surface area contributed by atoms with Crippen molar-refractivity contribution in [2.75, 3.05) is 7.11 Å². The van der Waals surface area contributed by atoms with Crippen LogP contribution in [0, 0.1) is 3.82 Å². The maximum Gasteiger partial charge on any atom is 0.125 e. The van der Waals surface area contributed by atoms with Crippen molar-refractivity contribution in [2.24, 2.45) is 0 Å². The smallest absolute Gasteiger partial charge is 0.125 e. The van der Waals surface area contributed by atoms with Gasteiger partial charge in [0.15, 0.2) is 0 Å². The first-order valence-electron chi connectivity index (χ1n) is 6.76. The standard InChI is InChI=1S/C16H20OS3/c1-9(2)12-6-11(14-8-15(18)20-19-14)7-13(10(3)4)16(12)17-5/h6-10H,1-5H3. The molecule has 2 aromatic rings. The molecule has 20 heavy (non-hydrogen) atoms. The van der Waals surface area contributed by atoms with Gasteiger partial charge in [-0.2, -0.15) is 0 Å². The summed E-state index contributed by atoms with van der Waals surface area (Å²) in [5.74, 6) is 1.92. The fourth-order valence-electron chi connectivity index (χ4n) is 2.28. The van der Waals surface area contributed by atoms with Crippen LogP contribution >= 0.6 is 32.9 Å². The summed E-state index contributed by atoms with van der Waals surface area (Å²) in [6, 6.07) is 6.60. The number of methoxy groups -OCH3 is 1. The van der Waals surface area contributed by atoms with Gasteiger partial charge in [-0.25, -0.2) is 0 Å². The van der Waals surface area contributed by atoms with E-state index in [-0.39, 0.29) is 0 Å². The van der Waals surface area contributed by atoms with E-state index in [0.29, 0.717) is 11.8 Å². The van der Waals surface area contributed by atoms with Crippen LogP contribution in [0.2, 0.25) is 0 Å². The average Bonchev–Trinajstić information content (AvgIpc) is 2.83. The highest BCUT2D eigenvalue weighted by Crippen LogP contribution is 2.40. The Morgan fingerprint density at radius 3 is 1.85 bits per heavy atom. The van der Waals surface area contributed by atoms with Crippen molar-refractivity contribution in [2.45, 2.75) is 39.5 Å². The third-order valence-corrected chi connectivity index (χ3v) is 6.25. The van der Waals surface area contributed by atoms with Gasteiger partial charge in [0, 0.05) is 4.88 Å². The molecule has 2 rings (SSSR count). The molecule has 4 heteroatoms. The summed E-state index contributed by atoms with van der Waals surface area (Å²) in [5.41, 5.74) is 3.81. The minimum atomic E-state index is 0.439. The van der Waals surface area contributed by atoms with Crippen molar-refractivity contribution >= 4 is 32.9 Å². The molecule has 0 spiro atoms. The van der Waals surface area contributed by atoms with E-state index in [0.717, 1.165) is 9.57 Å². The van der Waals surface area contributed by atoms with E-state index in [4.69, 9.17) is 17.0 Å². The fraction of sp³-hybridized carbons (Fsp3) is 0.438. The molecule has 1 heterocycles. The maximum atomic E-state index is 5.68. The van der Waals surface area contributed by atoms with Crippen LogP contribution in [0.15, 0.2) is 18.2 Å². The van der Waals surface area contributed by atoms with Crippen LogP contribution in [0.5, 0.6) is 5.75 Å². The summed E-state index contributed by atoms with van der Waals surface area (Å²) >= 11 is 5.25. The Balaban J connectivity index is 2.68. The Hall–Kier alpha value is -0.710. The summed E-state index contributed by atoms with van der Waals surface area (Å²) in [5, 5.41) is 0. The van der Waals surface area contributed by atoms with E-state index in [1.165, 1.54) is 21.6 Å².